The number of aromatic nitrogens is 2. The fourth-order valence-electron chi connectivity index (χ4n) is 2.59. The van der Waals surface area contributed by atoms with Crippen molar-refractivity contribution >= 4 is 28.6 Å². The highest BCUT2D eigenvalue weighted by molar-refractivity contribution is 5.93. The summed E-state index contributed by atoms with van der Waals surface area (Å²) >= 11 is 0. The van der Waals surface area contributed by atoms with E-state index in [1.54, 1.807) is 0 Å². The van der Waals surface area contributed by atoms with Crippen LogP contribution in [0.1, 0.15) is 18.9 Å². The Morgan fingerprint density at radius 3 is 2.41 bits per heavy atom. The van der Waals surface area contributed by atoms with Gasteiger partial charge in [0.2, 0.25) is 5.95 Å². The van der Waals surface area contributed by atoms with Gasteiger partial charge in [0.1, 0.15) is 5.82 Å². The number of aliphatic carboxylic acids is 1. The normalized spacial score (nSPS) is 10.9. The van der Waals surface area contributed by atoms with Crippen molar-refractivity contribution in [3.63, 3.8) is 0 Å². The molecule has 154 valence electrons. The van der Waals surface area contributed by atoms with E-state index < -0.39 is 12.1 Å². The number of nitrogen functional groups attached to an aromatic ring is 1. The summed E-state index contributed by atoms with van der Waals surface area (Å²) in [5, 5.41) is 11.4. The van der Waals surface area contributed by atoms with Crippen LogP contribution in [0, 0.1) is 6.92 Å². The molecule has 3 aromatic rings. The molecule has 6 nitrogen and oxygen atoms in total. The molecular formula is C20H21F3N4O2. The van der Waals surface area contributed by atoms with Crippen LogP contribution in [0.2, 0.25) is 0 Å². The second-order valence-corrected chi connectivity index (χ2v) is 6.21. The van der Waals surface area contributed by atoms with Crippen LogP contribution in [-0.2, 0) is 4.79 Å². The van der Waals surface area contributed by atoms with E-state index in [4.69, 9.17) is 15.6 Å². The van der Waals surface area contributed by atoms with Crippen LogP contribution in [0.3, 0.4) is 0 Å². The van der Waals surface area contributed by atoms with E-state index in [0.717, 1.165) is 35.2 Å². The third-order valence-corrected chi connectivity index (χ3v) is 3.96. The Balaban J connectivity index is 0.000000370. The predicted octanol–water partition coefficient (Wildman–Crippen LogP) is 4.64. The van der Waals surface area contributed by atoms with Gasteiger partial charge >= 0.3 is 12.1 Å². The number of rotatable bonds is 4. The van der Waals surface area contributed by atoms with Gasteiger partial charge in [0, 0.05) is 11.9 Å². The number of nitrogens with zero attached hydrogens (tertiary/aromatic N) is 2. The molecule has 3 rings (SSSR count). The molecule has 0 bridgehead atoms. The molecule has 2 aromatic carbocycles. The highest BCUT2D eigenvalue weighted by Gasteiger charge is 2.38. The lowest BCUT2D eigenvalue weighted by Gasteiger charge is -2.11. The van der Waals surface area contributed by atoms with E-state index in [9.17, 15) is 13.2 Å². The maximum atomic E-state index is 10.6. The van der Waals surface area contributed by atoms with Crippen LogP contribution in [0.5, 0.6) is 0 Å². The number of carboxylic acids is 1. The van der Waals surface area contributed by atoms with Gasteiger partial charge < -0.3 is 16.2 Å². The lowest BCUT2D eigenvalue weighted by atomic mass is 9.99. The van der Waals surface area contributed by atoms with Gasteiger partial charge in [0.25, 0.3) is 0 Å². The average Bonchev–Trinajstić information content (AvgIpc) is 2.65. The maximum Gasteiger partial charge on any atom is 0.490 e. The number of benzene rings is 2. The number of anilines is 2. The van der Waals surface area contributed by atoms with Crippen molar-refractivity contribution in [1.82, 2.24) is 9.97 Å². The number of nitrogens with two attached hydrogens (primary N) is 1. The summed E-state index contributed by atoms with van der Waals surface area (Å²) in [6, 6.07) is 14.6. The van der Waals surface area contributed by atoms with Crippen molar-refractivity contribution in [3.05, 3.63) is 48.0 Å². The number of carbonyl (C=O) groups is 1. The molecule has 0 atom stereocenters. The van der Waals surface area contributed by atoms with Crippen molar-refractivity contribution in [2.45, 2.75) is 26.4 Å². The molecule has 9 heteroatoms. The molecule has 0 radical (unpaired) electrons. The molecule has 0 aliphatic carbocycles. The number of hydrogen-bond donors (Lipinski definition) is 3. The zero-order valence-corrected chi connectivity index (χ0v) is 15.9. The number of alkyl halides is 3. The minimum atomic E-state index is -5.08. The maximum absolute atomic E-state index is 10.6. The number of halogens is 3. The van der Waals surface area contributed by atoms with E-state index >= 15 is 0 Å². The summed E-state index contributed by atoms with van der Waals surface area (Å²) in [5.41, 5.74) is 10.3. The zero-order valence-electron chi connectivity index (χ0n) is 15.9. The molecule has 0 aliphatic rings. The largest absolute Gasteiger partial charge is 0.490 e. The Bertz CT molecular complexity index is 1010. The molecule has 0 amide bonds. The van der Waals surface area contributed by atoms with Gasteiger partial charge in [-0.2, -0.15) is 18.2 Å². The van der Waals surface area contributed by atoms with Crippen LogP contribution in [0.4, 0.5) is 24.9 Å². The van der Waals surface area contributed by atoms with E-state index in [1.807, 2.05) is 6.07 Å². The number of hydrogen-bond acceptors (Lipinski definition) is 5. The molecule has 0 fully saturated rings. The molecule has 29 heavy (non-hydrogen) atoms. The zero-order chi connectivity index (χ0) is 21.6. The molecule has 1 heterocycles. The monoisotopic (exact) mass is 406 g/mol. The third-order valence-electron chi connectivity index (χ3n) is 3.96. The van der Waals surface area contributed by atoms with Crippen molar-refractivity contribution in [1.29, 1.82) is 0 Å². The standard InChI is InChI=1S/C18H20N4.C2HF3O2/c1-3-10-20-17-15-9-8-13(11-16(15)21-18(19)22-17)14-7-5-4-6-12(14)2;3-2(4,5)1(6)7/h4-9,11H,3,10H2,1-2H3,(H3,19,20,21,22);(H,6,7). The molecule has 1 aromatic heterocycles. The molecule has 0 saturated carbocycles. The van der Waals surface area contributed by atoms with E-state index in [2.05, 4.69) is 65.5 Å². The molecule has 0 aliphatic heterocycles. The first-order chi connectivity index (χ1) is 13.6. The minimum absolute atomic E-state index is 0.299. The summed E-state index contributed by atoms with van der Waals surface area (Å²) in [5.74, 6) is -1.65. The Morgan fingerprint density at radius 1 is 1.17 bits per heavy atom. The first-order valence-corrected chi connectivity index (χ1v) is 8.80. The average molecular weight is 406 g/mol. The van der Waals surface area contributed by atoms with Gasteiger partial charge in [0.05, 0.1) is 5.52 Å². The van der Waals surface area contributed by atoms with E-state index in [-0.39, 0.29) is 0 Å². The number of carboxylic acid groups (broad SMARTS) is 1. The van der Waals surface area contributed by atoms with E-state index in [1.165, 1.54) is 11.1 Å². The Labute approximate surface area is 165 Å². The van der Waals surface area contributed by atoms with Crippen LogP contribution in [0.15, 0.2) is 42.5 Å². The smallest absolute Gasteiger partial charge is 0.475 e. The summed E-state index contributed by atoms with van der Waals surface area (Å²) < 4.78 is 31.7. The van der Waals surface area contributed by atoms with Gasteiger partial charge in [-0.1, -0.05) is 37.3 Å². The second-order valence-electron chi connectivity index (χ2n) is 6.21. The fraction of sp³-hybridized carbons (Fsp3) is 0.250. The molecular weight excluding hydrogens is 385 g/mol. The molecule has 4 N–H and O–H groups in total. The number of fused-ring (bicyclic) bond motifs is 1. The first kappa shape index (κ1) is 21.9. The van der Waals surface area contributed by atoms with Gasteiger partial charge in [-0.15, -0.1) is 0 Å². The lowest BCUT2D eigenvalue weighted by Crippen LogP contribution is -2.21. The minimum Gasteiger partial charge on any atom is -0.475 e. The second kappa shape index (κ2) is 9.22. The van der Waals surface area contributed by atoms with E-state index in [0.29, 0.717) is 5.95 Å². The molecule has 0 spiro atoms. The van der Waals surface area contributed by atoms with Gasteiger partial charge in [-0.25, -0.2) is 9.78 Å². The van der Waals surface area contributed by atoms with Gasteiger partial charge in [-0.05, 0) is 42.2 Å². The van der Waals surface area contributed by atoms with Gasteiger partial charge in [0.15, 0.2) is 0 Å². The summed E-state index contributed by atoms with van der Waals surface area (Å²) in [7, 11) is 0. The molecule has 0 unspecified atom stereocenters. The quantitative estimate of drug-likeness (QED) is 0.583. The highest BCUT2D eigenvalue weighted by atomic mass is 19.4. The van der Waals surface area contributed by atoms with Gasteiger partial charge in [-0.3, -0.25) is 0 Å². The topological polar surface area (TPSA) is 101 Å². The van der Waals surface area contributed by atoms with Crippen LogP contribution in [-0.4, -0.2) is 33.8 Å². The fourth-order valence-corrected chi connectivity index (χ4v) is 2.59. The van der Waals surface area contributed by atoms with Crippen molar-refractivity contribution in [3.8, 4) is 11.1 Å². The van der Waals surface area contributed by atoms with Crippen LogP contribution in [0.25, 0.3) is 22.0 Å². The van der Waals surface area contributed by atoms with Crippen LogP contribution < -0.4 is 11.1 Å². The number of aryl methyl sites for hydroxylation is 1. The summed E-state index contributed by atoms with van der Waals surface area (Å²) in [6.07, 6.45) is -4.05. The highest BCUT2D eigenvalue weighted by Crippen LogP contribution is 2.29. The SMILES string of the molecule is CCCNc1nc(N)nc2cc(-c3ccccc3C)ccc12.O=C(O)C(F)(F)F. The Kier molecular flexibility index (Phi) is 6.98. The summed E-state index contributed by atoms with van der Waals surface area (Å²) in [6.45, 7) is 5.10. The molecule has 0 saturated heterocycles. The summed E-state index contributed by atoms with van der Waals surface area (Å²) in [4.78, 5) is 17.6. The van der Waals surface area contributed by atoms with Crippen molar-refractivity contribution < 1.29 is 23.1 Å². The Hall–Kier alpha value is -3.36. The number of nitrogens with one attached hydrogen (secondary N) is 1. The Morgan fingerprint density at radius 2 is 1.83 bits per heavy atom. The van der Waals surface area contributed by atoms with Crippen LogP contribution >= 0.6 is 0 Å². The predicted molar refractivity (Wildman–Crippen MR) is 107 cm³/mol. The first-order valence-electron chi connectivity index (χ1n) is 8.80. The third kappa shape index (κ3) is 5.81. The van der Waals surface area contributed by atoms with Crippen molar-refractivity contribution in [2.75, 3.05) is 17.6 Å². The van der Waals surface area contributed by atoms with Crippen molar-refractivity contribution in [2.24, 2.45) is 0 Å². The lowest BCUT2D eigenvalue weighted by molar-refractivity contribution is -0.192.